The van der Waals surface area contributed by atoms with E-state index in [4.69, 9.17) is 38.1 Å². The summed E-state index contributed by atoms with van der Waals surface area (Å²) < 4.78 is 0. The predicted octanol–water partition coefficient (Wildman–Crippen LogP) is 17.0. The van der Waals surface area contributed by atoms with E-state index in [0.717, 1.165) is 26.2 Å². The predicted molar refractivity (Wildman–Crippen MR) is 344 cm³/mol. The van der Waals surface area contributed by atoms with Crippen LogP contribution >= 0.6 is 38.1 Å². The number of benzene rings is 4. The molecule has 452 valence electrons. The average Bonchev–Trinajstić information content (AvgIpc) is 4.15. The molecule has 12 rings (SSSR count). The van der Waals surface area contributed by atoms with Crippen LogP contribution < -0.4 is 19.6 Å². The quantitative estimate of drug-likeness (QED) is 0.130. The van der Waals surface area contributed by atoms with Crippen molar-refractivity contribution in [2.24, 2.45) is 0 Å². The molecule has 0 spiro atoms. The number of halogens is 4. The Morgan fingerprint density at radius 1 is 0.263 bits per heavy atom. The van der Waals surface area contributed by atoms with Crippen molar-refractivity contribution in [1.82, 2.24) is 19.6 Å². The summed E-state index contributed by atoms with van der Waals surface area (Å²) in [5.41, 5.74) is 16.9. The Balaban J connectivity index is 0.000000212. The first-order valence-corrected chi connectivity index (χ1v) is 37.9. The number of anilines is 4. The summed E-state index contributed by atoms with van der Waals surface area (Å²) in [6.07, 6.45) is 0. The molecule has 4 aromatic carbocycles. The third kappa shape index (κ3) is 19.2. The van der Waals surface area contributed by atoms with Crippen molar-refractivity contribution in [1.29, 1.82) is 0 Å². The molecule has 4 aromatic rings. The summed E-state index contributed by atoms with van der Waals surface area (Å²) in [6.45, 7) is 64.0. The molecule has 0 atom stereocenters. The first kappa shape index (κ1) is 69.2. The van der Waals surface area contributed by atoms with Crippen LogP contribution in [0.3, 0.4) is 0 Å². The van der Waals surface area contributed by atoms with Gasteiger partial charge >= 0.3 is 70.0 Å². The van der Waals surface area contributed by atoms with Gasteiger partial charge in [0, 0.05) is 127 Å². The van der Waals surface area contributed by atoms with Crippen molar-refractivity contribution in [3.05, 3.63) is 131 Å². The molecule has 8 aliphatic heterocycles. The number of fused-ring (bicyclic) bond motifs is 6. The van der Waals surface area contributed by atoms with Crippen LogP contribution in [0.1, 0.15) is 203 Å². The van der Waals surface area contributed by atoms with Crippen LogP contribution in [-0.2, 0) is 31.9 Å². The summed E-state index contributed by atoms with van der Waals surface area (Å²) in [4.78, 5) is 19.7. The van der Waals surface area contributed by atoms with Gasteiger partial charge in [0.15, 0.2) is 0 Å². The van der Waals surface area contributed by atoms with E-state index in [1.807, 2.05) is 0 Å². The Hall–Kier alpha value is -1.60. The second-order valence-electron chi connectivity index (χ2n) is 24.6. The molecule has 0 saturated carbocycles. The number of hydrogen-bond donors (Lipinski definition) is 0. The first-order chi connectivity index (χ1) is 38.2. The fourth-order valence-corrected chi connectivity index (χ4v) is 11.9. The maximum atomic E-state index is 4.81. The zero-order chi connectivity index (χ0) is 58.8. The molecule has 0 amide bonds. The average molecular weight is 1360 g/mol. The number of rotatable bonds is 12. The van der Waals surface area contributed by atoms with Crippen LogP contribution in [0.15, 0.2) is 72.8 Å². The van der Waals surface area contributed by atoms with Crippen molar-refractivity contribution in [3.8, 4) is 0 Å². The van der Waals surface area contributed by atoms with Crippen molar-refractivity contribution in [2.75, 3.05) is 124 Å². The fraction of sp³-hybridized carbons (Fsp3) is 0.606. The summed E-state index contributed by atoms with van der Waals surface area (Å²) in [5, 5.41) is 0. The van der Waals surface area contributed by atoms with Crippen LogP contribution in [0.25, 0.3) is 0 Å². The van der Waals surface area contributed by atoms with E-state index in [2.05, 4.69) is 236 Å². The monoisotopic (exact) mass is 1360 g/mol. The molecule has 0 N–H and O–H groups in total. The van der Waals surface area contributed by atoms with Gasteiger partial charge in [0.1, 0.15) is 0 Å². The Bertz CT molecular complexity index is 1980. The normalized spacial score (nSPS) is 20.4. The Morgan fingerprint density at radius 3 is 0.487 bits per heavy atom. The van der Waals surface area contributed by atoms with Crippen LogP contribution in [0.5, 0.6) is 0 Å². The molecule has 0 unspecified atom stereocenters. The van der Waals surface area contributed by atoms with Gasteiger partial charge in [-0.1, -0.05) is 184 Å². The second kappa shape index (κ2) is 34.5. The van der Waals surface area contributed by atoms with Crippen molar-refractivity contribution in [3.63, 3.8) is 0 Å². The van der Waals surface area contributed by atoms with Crippen LogP contribution in [0, 0.1) is 13.3 Å². The molecule has 0 aliphatic carbocycles. The standard InChI is InChI=1S/2C27H38N2.2C6H12N2.4ClH.2Pd/c2*1-18(2)22-11-9-12-23(19(3)4)26(22)28-15-16-29(17-28)27-24(20(5)6)13-10-14-25(27)21(7)8;2*1-2-8-5-3-7(1)4-6-8;;;;;;/h2*9-14,18-21H,15-16H2,1-8H3;2*1-6H2;4*1H;;/q;;;;;;;;2*+2/p-4. The topological polar surface area (TPSA) is 25.9 Å². The van der Waals surface area contributed by atoms with E-state index < -0.39 is 0 Å². The summed E-state index contributed by atoms with van der Waals surface area (Å²) >= 11 is -0.211. The van der Waals surface area contributed by atoms with E-state index >= 15 is 0 Å². The van der Waals surface area contributed by atoms with Crippen LogP contribution in [-0.4, -0.2) is 124 Å². The summed E-state index contributed by atoms with van der Waals surface area (Å²) in [5.74, 6) is 3.95. The first-order valence-electron chi connectivity index (χ1n) is 29.8. The Morgan fingerprint density at radius 2 is 0.388 bits per heavy atom. The maximum absolute atomic E-state index is 4.81. The van der Waals surface area contributed by atoms with Crippen molar-refractivity contribution in [2.45, 2.75) is 158 Å². The molecule has 4 radical (unpaired) electrons. The third-order valence-electron chi connectivity index (χ3n) is 16.4. The molecule has 14 heteroatoms. The minimum atomic E-state index is -0.106. The molecule has 4 bridgehead atoms. The zero-order valence-corrected chi connectivity index (χ0v) is 57.7. The van der Waals surface area contributed by atoms with Crippen molar-refractivity contribution >= 4 is 60.9 Å². The van der Waals surface area contributed by atoms with Crippen LogP contribution in [0.4, 0.5) is 22.7 Å². The molecule has 80 heavy (non-hydrogen) atoms. The molecule has 8 nitrogen and oxygen atoms in total. The van der Waals surface area contributed by atoms with Gasteiger partial charge in [-0.15, -0.1) is 0 Å². The SMILES string of the molecule is C1CN2CCN1CC2.C1CN2CCN1CC2.CC(C)c1cccc(C(C)C)c1N1[C]N(c2c(C(C)C)cccc2C(C)C)CC1.CC(C)c1cccc(C(C)C)c1N1[C]N(c2c(C(C)C)cccc2C(C)C)CC1.[Cl][Pd][Cl].[Cl][Pd][Cl]. The molecule has 8 aliphatic rings. The van der Waals surface area contributed by atoms with Gasteiger partial charge in [0.25, 0.3) is 0 Å². The second-order valence-corrected chi connectivity index (χ2v) is 29.4. The minimum absolute atomic E-state index is 0.106. The molecule has 8 fully saturated rings. The van der Waals surface area contributed by atoms with Gasteiger partial charge in [0.2, 0.25) is 13.3 Å². The van der Waals surface area contributed by atoms with E-state index in [0.29, 0.717) is 47.3 Å². The molecular formula is C66H100Cl4N8Pd2. The van der Waals surface area contributed by atoms with E-state index in [-0.39, 0.29) is 31.9 Å². The van der Waals surface area contributed by atoms with Gasteiger partial charge < -0.3 is 19.6 Å². The van der Waals surface area contributed by atoms with E-state index in [9.17, 15) is 0 Å². The van der Waals surface area contributed by atoms with Gasteiger partial charge in [0.05, 0.1) is 0 Å². The van der Waals surface area contributed by atoms with Gasteiger partial charge in [-0.3, -0.25) is 19.6 Å². The van der Waals surface area contributed by atoms with E-state index in [1.54, 1.807) is 0 Å². The molecule has 0 aromatic heterocycles. The third-order valence-corrected chi connectivity index (χ3v) is 16.4. The Labute approximate surface area is 521 Å². The summed E-state index contributed by atoms with van der Waals surface area (Å²) in [7, 11) is 19.3. The number of para-hydroxylation sites is 4. The van der Waals surface area contributed by atoms with Crippen molar-refractivity contribution < 1.29 is 31.9 Å². The van der Waals surface area contributed by atoms with Gasteiger partial charge in [-0.2, -0.15) is 0 Å². The number of hydrogen-bond acceptors (Lipinski definition) is 8. The van der Waals surface area contributed by atoms with Crippen LogP contribution in [0.2, 0.25) is 0 Å². The molecule has 8 heterocycles. The molecule has 8 saturated heterocycles. The van der Waals surface area contributed by atoms with Gasteiger partial charge in [-0.05, 0) is 91.9 Å². The fourth-order valence-electron chi connectivity index (χ4n) is 11.9. The van der Waals surface area contributed by atoms with E-state index in [1.165, 1.54) is 146 Å². The zero-order valence-electron chi connectivity index (χ0n) is 51.6. The molecular weight excluding hydrogens is 1260 g/mol. The summed E-state index contributed by atoms with van der Waals surface area (Å²) in [6, 6.07) is 27.2. The Kier molecular flexibility index (Phi) is 29.9. The van der Waals surface area contributed by atoms with Gasteiger partial charge in [-0.25, -0.2) is 0 Å². The number of nitrogens with zero attached hydrogens (tertiary/aromatic N) is 8. The number of piperazine rings is 6.